The minimum Gasteiger partial charge on any atom is -0.369 e. The quantitative estimate of drug-likeness (QED) is 0.516. The van der Waals surface area contributed by atoms with Crippen LogP contribution in [0.3, 0.4) is 0 Å². The zero-order valence-corrected chi connectivity index (χ0v) is 17.5. The highest BCUT2D eigenvalue weighted by Gasteiger charge is 2.23. The summed E-state index contributed by atoms with van der Waals surface area (Å²) < 4.78 is 6.03. The van der Waals surface area contributed by atoms with Gasteiger partial charge in [-0.15, -0.1) is 0 Å². The number of ether oxygens (including phenoxy) is 1. The van der Waals surface area contributed by atoms with Crippen LogP contribution in [0, 0.1) is 6.92 Å². The predicted octanol–water partition coefficient (Wildman–Crippen LogP) is 4.65. The largest absolute Gasteiger partial charge is 0.369 e. The first-order chi connectivity index (χ1) is 15.2. The van der Waals surface area contributed by atoms with E-state index in [1.54, 1.807) is 6.20 Å². The summed E-state index contributed by atoms with van der Waals surface area (Å²) in [6.07, 6.45) is 5.44. The third-order valence-corrected chi connectivity index (χ3v) is 5.61. The molecule has 0 aliphatic carbocycles. The maximum atomic E-state index is 6.03. The molecule has 0 bridgehead atoms. The van der Waals surface area contributed by atoms with Crippen molar-refractivity contribution in [2.24, 2.45) is 0 Å². The molecule has 1 N–H and O–H groups in total. The van der Waals surface area contributed by atoms with E-state index in [9.17, 15) is 0 Å². The van der Waals surface area contributed by atoms with Crippen molar-refractivity contribution in [3.8, 4) is 0 Å². The predicted molar refractivity (Wildman–Crippen MR) is 122 cm³/mol. The third kappa shape index (κ3) is 4.55. The van der Waals surface area contributed by atoms with Crippen LogP contribution in [0.15, 0.2) is 73.2 Å². The Hall–Kier alpha value is -3.35. The molecule has 31 heavy (non-hydrogen) atoms. The molecule has 4 aromatic rings. The SMILES string of the molecule is Cc1cccnc1Nc1ccc(C2CN(Cc3ccc4ncccc4c3)CCO2)nc1. The standard InChI is InChI=1S/C25H25N5O/c1-18-4-2-11-27-25(18)29-21-7-9-23(28-15-21)24-17-30(12-13-31-24)16-19-6-8-22-20(14-19)5-3-10-26-22/h2-11,14-15,24H,12-13,16-17H2,1H3,(H,27,29). The van der Waals surface area contributed by atoms with E-state index in [4.69, 9.17) is 4.74 Å². The molecule has 1 saturated heterocycles. The Bertz CT molecular complexity index is 1180. The van der Waals surface area contributed by atoms with Crippen LogP contribution in [-0.2, 0) is 11.3 Å². The smallest absolute Gasteiger partial charge is 0.133 e. The number of nitrogens with zero attached hydrogens (tertiary/aromatic N) is 4. The number of pyridine rings is 3. The lowest BCUT2D eigenvalue weighted by Gasteiger charge is -2.32. The molecule has 1 aromatic carbocycles. The maximum Gasteiger partial charge on any atom is 0.133 e. The van der Waals surface area contributed by atoms with Crippen molar-refractivity contribution >= 4 is 22.4 Å². The van der Waals surface area contributed by atoms with Gasteiger partial charge in [-0.05, 0) is 54.4 Å². The molecule has 1 aliphatic heterocycles. The van der Waals surface area contributed by atoms with Gasteiger partial charge in [-0.25, -0.2) is 4.98 Å². The van der Waals surface area contributed by atoms with E-state index in [0.29, 0.717) is 6.61 Å². The molecule has 1 fully saturated rings. The first-order valence-electron chi connectivity index (χ1n) is 10.6. The molecule has 1 atom stereocenters. The minimum atomic E-state index is -0.0264. The average molecular weight is 412 g/mol. The lowest BCUT2D eigenvalue weighted by atomic mass is 10.1. The van der Waals surface area contributed by atoms with E-state index in [2.05, 4.69) is 49.4 Å². The van der Waals surface area contributed by atoms with Crippen LogP contribution in [0.1, 0.15) is 22.9 Å². The fraction of sp³-hybridized carbons (Fsp3) is 0.240. The molecule has 0 saturated carbocycles. The number of benzene rings is 1. The molecule has 156 valence electrons. The second-order valence-electron chi connectivity index (χ2n) is 7.89. The van der Waals surface area contributed by atoms with E-state index >= 15 is 0 Å². The molecule has 6 heteroatoms. The number of aryl methyl sites for hydroxylation is 1. The van der Waals surface area contributed by atoms with Crippen molar-refractivity contribution in [2.75, 3.05) is 25.0 Å². The summed E-state index contributed by atoms with van der Waals surface area (Å²) in [6.45, 7) is 5.37. The highest BCUT2D eigenvalue weighted by atomic mass is 16.5. The molecule has 6 nitrogen and oxygen atoms in total. The third-order valence-electron chi connectivity index (χ3n) is 5.61. The van der Waals surface area contributed by atoms with Gasteiger partial charge in [0.15, 0.2) is 0 Å². The van der Waals surface area contributed by atoms with Gasteiger partial charge in [-0.3, -0.25) is 14.9 Å². The summed E-state index contributed by atoms with van der Waals surface area (Å²) in [7, 11) is 0. The van der Waals surface area contributed by atoms with E-state index in [0.717, 1.165) is 47.9 Å². The van der Waals surface area contributed by atoms with Gasteiger partial charge in [0, 0.05) is 37.4 Å². The first-order valence-corrected chi connectivity index (χ1v) is 10.6. The number of hydrogen-bond acceptors (Lipinski definition) is 6. The lowest BCUT2D eigenvalue weighted by molar-refractivity contribution is -0.0349. The molecule has 0 radical (unpaired) electrons. The number of aromatic nitrogens is 3. The van der Waals surface area contributed by atoms with Crippen LogP contribution in [0.25, 0.3) is 10.9 Å². The van der Waals surface area contributed by atoms with Crippen molar-refractivity contribution in [3.63, 3.8) is 0 Å². The summed E-state index contributed by atoms with van der Waals surface area (Å²) in [5, 5.41) is 4.51. The Labute approximate surface area is 181 Å². The molecule has 1 aliphatic rings. The number of morpholine rings is 1. The Morgan fingerprint density at radius 1 is 1.03 bits per heavy atom. The van der Waals surface area contributed by atoms with Crippen molar-refractivity contribution < 1.29 is 4.74 Å². The van der Waals surface area contributed by atoms with E-state index in [1.807, 2.05) is 49.6 Å². The van der Waals surface area contributed by atoms with Crippen LogP contribution >= 0.6 is 0 Å². The molecule has 4 heterocycles. The van der Waals surface area contributed by atoms with Gasteiger partial charge in [0.05, 0.1) is 29.7 Å². The van der Waals surface area contributed by atoms with Crippen molar-refractivity contribution in [3.05, 3.63) is 90.0 Å². The highest BCUT2D eigenvalue weighted by molar-refractivity contribution is 5.78. The number of rotatable bonds is 5. The topological polar surface area (TPSA) is 63.2 Å². The average Bonchev–Trinajstić information content (AvgIpc) is 2.81. The van der Waals surface area contributed by atoms with Crippen molar-refractivity contribution in [1.29, 1.82) is 0 Å². The Kier molecular flexibility index (Phi) is 5.56. The summed E-state index contributed by atoms with van der Waals surface area (Å²) in [4.78, 5) is 15.9. The Balaban J connectivity index is 1.25. The second-order valence-corrected chi connectivity index (χ2v) is 7.89. The van der Waals surface area contributed by atoms with Crippen LogP contribution in [0.4, 0.5) is 11.5 Å². The van der Waals surface area contributed by atoms with Gasteiger partial charge in [-0.2, -0.15) is 0 Å². The monoisotopic (exact) mass is 411 g/mol. The molecule has 1 unspecified atom stereocenters. The lowest BCUT2D eigenvalue weighted by Crippen LogP contribution is -2.38. The minimum absolute atomic E-state index is 0.0264. The van der Waals surface area contributed by atoms with Crippen molar-refractivity contribution in [2.45, 2.75) is 19.6 Å². The summed E-state index contributed by atoms with van der Waals surface area (Å²) in [5.41, 5.74) is 5.30. The van der Waals surface area contributed by atoms with Crippen LogP contribution < -0.4 is 5.32 Å². The van der Waals surface area contributed by atoms with Crippen LogP contribution in [0.2, 0.25) is 0 Å². The Morgan fingerprint density at radius 2 is 1.94 bits per heavy atom. The van der Waals surface area contributed by atoms with Gasteiger partial charge in [-0.1, -0.05) is 18.2 Å². The molecular formula is C25H25N5O. The Morgan fingerprint density at radius 3 is 2.81 bits per heavy atom. The fourth-order valence-electron chi connectivity index (χ4n) is 3.93. The zero-order valence-electron chi connectivity index (χ0n) is 17.5. The summed E-state index contributed by atoms with van der Waals surface area (Å²) in [6, 6.07) is 18.6. The maximum absolute atomic E-state index is 6.03. The second kappa shape index (κ2) is 8.79. The summed E-state index contributed by atoms with van der Waals surface area (Å²) >= 11 is 0. The van der Waals surface area contributed by atoms with Crippen LogP contribution in [0.5, 0.6) is 0 Å². The van der Waals surface area contributed by atoms with E-state index in [-0.39, 0.29) is 6.10 Å². The fourth-order valence-corrected chi connectivity index (χ4v) is 3.93. The first kappa shape index (κ1) is 19.6. The van der Waals surface area contributed by atoms with Gasteiger partial charge < -0.3 is 10.1 Å². The highest BCUT2D eigenvalue weighted by Crippen LogP contribution is 2.24. The normalized spacial score (nSPS) is 17.0. The van der Waals surface area contributed by atoms with Gasteiger partial charge in [0.2, 0.25) is 0 Å². The molecular weight excluding hydrogens is 386 g/mol. The van der Waals surface area contributed by atoms with Crippen molar-refractivity contribution in [1.82, 2.24) is 19.9 Å². The zero-order chi connectivity index (χ0) is 21.0. The van der Waals surface area contributed by atoms with E-state index in [1.165, 1.54) is 10.9 Å². The number of nitrogens with one attached hydrogen (secondary N) is 1. The summed E-state index contributed by atoms with van der Waals surface area (Å²) in [5.74, 6) is 0.850. The number of fused-ring (bicyclic) bond motifs is 1. The van der Waals surface area contributed by atoms with Gasteiger partial charge >= 0.3 is 0 Å². The van der Waals surface area contributed by atoms with Gasteiger partial charge in [0.25, 0.3) is 0 Å². The van der Waals surface area contributed by atoms with Crippen LogP contribution in [-0.4, -0.2) is 39.5 Å². The molecule has 0 spiro atoms. The number of hydrogen-bond donors (Lipinski definition) is 1. The van der Waals surface area contributed by atoms with E-state index < -0.39 is 0 Å². The number of anilines is 2. The molecule has 0 amide bonds. The molecule has 3 aromatic heterocycles. The molecule has 5 rings (SSSR count). The van der Waals surface area contributed by atoms with Gasteiger partial charge in [0.1, 0.15) is 11.9 Å².